The molecule has 0 unspecified atom stereocenters. The summed E-state index contributed by atoms with van der Waals surface area (Å²) in [7, 11) is 0. The molecular formula is C18H26N3O+. The summed E-state index contributed by atoms with van der Waals surface area (Å²) in [6, 6.07) is 10.8. The fraction of sp³-hybridized carbons (Fsp3) is 0.556. The summed E-state index contributed by atoms with van der Waals surface area (Å²) in [5.41, 5.74) is 1.10. The summed E-state index contributed by atoms with van der Waals surface area (Å²) in [4.78, 5) is 0. The minimum Gasteiger partial charge on any atom is -0.361 e. The van der Waals surface area contributed by atoms with Gasteiger partial charge in [0.25, 0.3) is 0 Å². The van der Waals surface area contributed by atoms with E-state index >= 15 is 0 Å². The Bertz CT molecular complexity index is 653. The second kappa shape index (κ2) is 5.20. The number of fused-ring (bicyclic) bond motifs is 1. The van der Waals surface area contributed by atoms with E-state index in [1.54, 1.807) is 0 Å². The lowest BCUT2D eigenvalue weighted by Crippen LogP contribution is -2.57. The second-order valence-corrected chi connectivity index (χ2v) is 7.65. The van der Waals surface area contributed by atoms with Crippen LogP contribution in [0.15, 0.2) is 36.7 Å². The zero-order valence-electron chi connectivity index (χ0n) is 14.2. The van der Waals surface area contributed by atoms with Gasteiger partial charge in [-0.25, -0.2) is 4.57 Å². The lowest BCUT2D eigenvalue weighted by atomic mass is 9.91. The van der Waals surface area contributed by atoms with E-state index in [0.717, 1.165) is 12.2 Å². The Morgan fingerprint density at radius 2 is 1.95 bits per heavy atom. The molecule has 22 heavy (non-hydrogen) atoms. The van der Waals surface area contributed by atoms with Crippen LogP contribution in [0.3, 0.4) is 0 Å². The molecule has 2 aromatic rings. The van der Waals surface area contributed by atoms with E-state index in [2.05, 4.69) is 75.8 Å². The van der Waals surface area contributed by atoms with Crippen LogP contribution in [0.2, 0.25) is 0 Å². The van der Waals surface area contributed by atoms with Gasteiger partial charge in [0.15, 0.2) is 0 Å². The maximum Gasteiger partial charge on any atom is 0.303 e. The van der Waals surface area contributed by atoms with Crippen LogP contribution in [-0.4, -0.2) is 15.4 Å². The summed E-state index contributed by atoms with van der Waals surface area (Å²) >= 11 is 0. The summed E-state index contributed by atoms with van der Waals surface area (Å²) in [5.74, 6) is 1.01. The predicted molar refractivity (Wildman–Crippen MR) is 85.5 cm³/mol. The topological polar surface area (TPSA) is 30.9 Å². The van der Waals surface area contributed by atoms with Crippen molar-refractivity contribution in [2.24, 2.45) is 0 Å². The van der Waals surface area contributed by atoms with Crippen LogP contribution in [0.5, 0.6) is 0 Å². The molecule has 4 heteroatoms. The van der Waals surface area contributed by atoms with Gasteiger partial charge in [-0.05, 0) is 40.2 Å². The molecule has 118 valence electrons. The average Bonchev–Trinajstić information content (AvgIpc) is 2.87. The van der Waals surface area contributed by atoms with Gasteiger partial charge in [-0.3, -0.25) is 0 Å². The molecule has 1 aromatic carbocycles. The molecule has 2 heterocycles. The standard InChI is InChI=1S/C18H26N3O/c1-17(2,3)21-13-20-15(11-14-9-7-6-8-10-14)18(4,5)22-12-16(20)19-21/h6-10,13,15H,11-12H2,1-5H3/q+1/t15-/m0/s1. The number of hydrogen-bond acceptors (Lipinski definition) is 2. The van der Waals surface area contributed by atoms with Crippen LogP contribution < -0.4 is 4.57 Å². The van der Waals surface area contributed by atoms with E-state index in [1.165, 1.54) is 5.56 Å². The van der Waals surface area contributed by atoms with Crippen LogP contribution in [0.1, 0.15) is 52.0 Å². The minimum absolute atomic E-state index is 0.0220. The highest BCUT2D eigenvalue weighted by molar-refractivity contribution is 5.16. The van der Waals surface area contributed by atoms with E-state index in [0.29, 0.717) is 6.61 Å². The van der Waals surface area contributed by atoms with Crippen molar-refractivity contribution < 1.29 is 9.30 Å². The Morgan fingerprint density at radius 3 is 2.59 bits per heavy atom. The van der Waals surface area contributed by atoms with Crippen LogP contribution in [0.4, 0.5) is 0 Å². The first kappa shape index (κ1) is 15.2. The molecule has 0 fully saturated rings. The van der Waals surface area contributed by atoms with Crippen molar-refractivity contribution >= 4 is 0 Å². The lowest BCUT2D eigenvalue weighted by Gasteiger charge is -2.36. The molecule has 0 aliphatic carbocycles. The van der Waals surface area contributed by atoms with Crippen LogP contribution >= 0.6 is 0 Å². The molecule has 0 bridgehead atoms. The fourth-order valence-electron chi connectivity index (χ4n) is 2.94. The molecular weight excluding hydrogens is 274 g/mol. The first-order valence-corrected chi connectivity index (χ1v) is 7.95. The first-order chi connectivity index (χ1) is 10.3. The van der Waals surface area contributed by atoms with E-state index in [1.807, 2.05) is 4.68 Å². The number of aromatic nitrogens is 3. The van der Waals surface area contributed by atoms with E-state index in [-0.39, 0.29) is 17.2 Å². The van der Waals surface area contributed by atoms with Gasteiger partial charge in [-0.15, -0.1) is 4.68 Å². The molecule has 1 atom stereocenters. The second-order valence-electron chi connectivity index (χ2n) is 7.65. The molecule has 0 N–H and O–H groups in total. The Hall–Kier alpha value is -1.68. The number of ether oxygens (including phenoxy) is 1. The van der Waals surface area contributed by atoms with Gasteiger partial charge in [0.05, 0.1) is 5.60 Å². The zero-order valence-corrected chi connectivity index (χ0v) is 14.2. The quantitative estimate of drug-likeness (QED) is 0.798. The number of benzene rings is 1. The first-order valence-electron chi connectivity index (χ1n) is 7.95. The SMILES string of the molecule is CC1(C)OCc2nn(C(C)(C)C)c[n+]2[C@H]1Cc1ccccc1. The molecule has 1 aliphatic rings. The van der Waals surface area contributed by atoms with Crippen molar-refractivity contribution in [3.8, 4) is 0 Å². The lowest BCUT2D eigenvalue weighted by molar-refractivity contribution is -0.757. The summed E-state index contributed by atoms with van der Waals surface area (Å²) in [5, 5.41) is 4.73. The Labute approximate surface area is 132 Å². The smallest absolute Gasteiger partial charge is 0.303 e. The van der Waals surface area contributed by atoms with Crippen molar-refractivity contribution in [1.29, 1.82) is 0 Å². The Morgan fingerprint density at radius 1 is 1.27 bits per heavy atom. The van der Waals surface area contributed by atoms with E-state index in [9.17, 15) is 0 Å². The fourth-order valence-corrected chi connectivity index (χ4v) is 2.94. The summed E-state index contributed by atoms with van der Waals surface area (Å²) < 4.78 is 10.5. The largest absolute Gasteiger partial charge is 0.361 e. The summed E-state index contributed by atoms with van der Waals surface area (Å²) in [6.45, 7) is 11.4. The molecule has 1 aliphatic heterocycles. The molecule has 0 radical (unpaired) electrons. The number of nitrogens with zero attached hydrogens (tertiary/aromatic N) is 3. The van der Waals surface area contributed by atoms with Gasteiger partial charge in [0.1, 0.15) is 18.2 Å². The molecule has 0 amide bonds. The Balaban J connectivity index is 1.99. The third-order valence-corrected chi connectivity index (χ3v) is 4.43. The molecule has 4 nitrogen and oxygen atoms in total. The number of rotatable bonds is 2. The summed E-state index contributed by atoms with van der Waals surface area (Å²) in [6.07, 6.45) is 3.09. The van der Waals surface area contributed by atoms with Crippen molar-refractivity contribution in [1.82, 2.24) is 9.78 Å². The highest BCUT2D eigenvalue weighted by Gasteiger charge is 2.43. The van der Waals surface area contributed by atoms with Gasteiger partial charge < -0.3 is 4.74 Å². The molecule has 0 spiro atoms. The van der Waals surface area contributed by atoms with Crippen molar-refractivity contribution in [3.05, 3.63) is 48.0 Å². The molecule has 3 rings (SSSR count). The maximum atomic E-state index is 6.11. The minimum atomic E-state index is -0.209. The van der Waals surface area contributed by atoms with Gasteiger partial charge in [0, 0.05) is 11.5 Å². The highest BCUT2D eigenvalue weighted by atomic mass is 16.5. The third-order valence-electron chi connectivity index (χ3n) is 4.43. The van der Waals surface area contributed by atoms with Gasteiger partial charge in [0.2, 0.25) is 6.33 Å². The van der Waals surface area contributed by atoms with Crippen molar-refractivity contribution in [2.45, 2.75) is 64.8 Å². The Kier molecular flexibility index (Phi) is 3.60. The van der Waals surface area contributed by atoms with Crippen molar-refractivity contribution in [2.75, 3.05) is 0 Å². The average molecular weight is 300 g/mol. The van der Waals surface area contributed by atoms with E-state index in [4.69, 9.17) is 9.84 Å². The zero-order chi connectivity index (χ0) is 16.0. The number of hydrogen-bond donors (Lipinski definition) is 0. The van der Waals surface area contributed by atoms with Crippen molar-refractivity contribution in [3.63, 3.8) is 0 Å². The van der Waals surface area contributed by atoms with Gasteiger partial charge in [-0.1, -0.05) is 30.3 Å². The third kappa shape index (κ3) is 2.80. The maximum absolute atomic E-state index is 6.11. The van der Waals surface area contributed by atoms with E-state index < -0.39 is 0 Å². The van der Waals surface area contributed by atoms with Crippen LogP contribution in [-0.2, 0) is 23.3 Å². The molecule has 0 saturated heterocycles. The predicted octanol–water partition coefficient (Wildman–Crippen LogP) is 3.02. The molecule has 0 saturated carbocycles. The van der Waals surface area contributed by atoms with Gasteiger partial charge in [-0.2, -0.15) is 0 Å². The van der Waals surface area contributed by atoms with Gasteiger partial charge >= 0.3 is 5.82 Å². The van der Waals surface area contributed by atoms with Crippen LogP contribution in [0, 0.1) is 0 Å². The monoisotopic (exact) mass is 300 g/mol. The highest BCUT2D eigenvalue weighted by Crippen LogP contribution is 2.30. The molecule has 1 aromatic heterocycles. The van der Waals surface area contributed by atoms with Crippen LogP contribution in [0.25, 0.3) is 0 Å². The normalized spacial score (nSPS) is 20.7.